The molecule has 0 heterocycles. The summed E-state index contributed by atoms with van der Waals surface area (Å²) in [6.45, 7) is 1.88. The number of anilines is 1. The van der Waals surface area contributed by atoms with Gasteiger partial charge < -0.3 is 9.84 Å². The van der Waals surface area contributed by atoms with E-state index in [4.69, 9.17) is 9.84 Å². The van der Waals surface area contributed by atoms with Crippen molar-refractivity contribution in [3.05, 3.63) is 29.6 Å². The van der Waals surface area contributed by atoms with Crippen LogP contribution in [0.15, 0.2) is 18.2 Å². The molecule has 5 heteroatoms. The minimum Gasteiger partial charge on any atom is -0.450 e. The van der Waals surface area contributed by atoms with E-state index in [1.54, 1.807) is 6.92 Å². The molecule has 0 bridgehead atoms. The number of rotatable bonds is 3. The molecule has 0 saturated heterocycles. The van der Waals surface area contributed by atoms with Crippen LogP contribution in [0.3, 0.4) is 0 Å². The van der Waals surface area contributed by atoms with E-state index in [9.17, 15) is 9.18 Å². The molecule has 0 aromatic heterocycles. The Bertz CT molecular complexity index is 477. The molecule has 1 aromatic carbocycles. The van der Waals surface area contributed by atoms with Crippen LogP contribution in [-0.2, 0) is 4.74 Å². The first-order valence-electron chi connectivity index (χ1n) is 5.50. The lowest BCUT2D eigenvalue weighted by molar-refractivity contribution is 0.168. The summed E-state index contributed by atoms with van der Waals surface area (Å²) in [7, 11) is 0. The van der Waals surface area contributed by atoms with Crippen LogP contribution in [0.5, 0.6) is 0 Å². The number of halogens is 1. The van der Waals surface area contributed by atoms with Crippen LogP contribution in [0.2, 0.25) is 0 Å². The number of aliphatic hydroxyl groups is 1. The van der Waals surface area contributed by atoms with Crippen LogP contribution in [0, 0.1) is 17.7 Å². The molecule has 0 aliphatic heterocycles. The normalized spacial score (nSPS) is 9.28. The summed E-state index contributed by atoms with van der Waals surface area (Å²) < 4.78 is 18.1. The number of hydrogen-bond acceptors (Lipinski definition) is 3. The van der Waals surface area contributed by atoms with Gasteiger partial charge in [0.1, 0.15) is 5.82 Å². The predicted octanol–water partition coefficient (Wildman–Crippen LogP) is 2.13. The fraction of sp³-hybridized carbons (Fsp3) is 0.308. The maximum atomic E-state index is 13.4. The van der Waals surface area contributed by atoms with Gasteiger partial charge in [0.05, 0.1) is 18.8 Å². The van der Waals surface area contributed by atoms with E-state index in [2.05, 4.69) is 17.2 Å². The molecular weight excluding hydrogens is 237 g/mol. The first-order chi connectivity index (χ1) is 8.67. The molecule has 0 saturated carbocycles. The zero-order valence-corrected chi connectivity index (χ0v) is 10.00. The average molecular weight is 251 g/mol. The van der Waals surface area contributed by atoms with Gasteiger partial charge >= 0.3 is 6.09 Å². The van der Waals surface area contributed by atoms with Gasteiger partial charge in [0.2, 0.25) is 0 Å². The molecule has 1 aromatic rings. The molecule has 0 spiro atoms. The van der Waals surface area contributed by atoms with Crippen molar-refractivity contribution in [3.63, 3.8) is 0 Å². The minimum absolute atomic E-state index is 0.0740. The first-order valence-corrected chi connectivity index (χ1v) is 5.50. The van der Waals surface area contributed by atoms with Crippen LogP contribution >= 0.6 is 0 Å². The summed E-state index contributed by atoms with van der Waals surface area (Å²) in [5, 5.41) is 11.0. The van der Waals surface area contributed by atoms with Crippen molar-refractivity contribution in [3.8, 4) is 11.8 Å². The zero-order valence-electron chi connectivity index (χ0n) is 10.00. The van der Waals surface area contributed by atoms with Gasteiger partial charge in [-0.05, 0) is 25.1 Å². The molecule has 96 valence electrons. The molecule has 0 radical (unpaired) electrons. The molecule has 0 unspecified atom stereocenters. The Balaban J connectivity index is 2.81. The van der Waals surface area contributed by atoms with Gasteiger partial charge in [0.25, 0.3) is 0 Å². The van der Waals surface area contributed by atoms with E-state index < -0.39 is 11.9 Å². The van der Waals surface area contributed by atoms with Gasteiger partial charge in [0, 0.05) is 12.1 Å². The Morgan fingerprint density at radius 2 is 2.33 bits per heavy atom. The SMILES string of the molecule is CCOC(=O)Nc1ccc(F)c(C#CCCO)c1. The van der Waals surface area contributed by atoms with E-state index >= 15 is 0 Å². The molecule has 0 atom stereocenters. The van der Waals surface area contributed by atoms with Crippen LogP contribution in [-0.4, -0.2) is 24.4 Å². The topological polar surface area (TPSA) is 58.6 Å². The van der Waals surface area contributed by atoms with Gasteiger partial charge in [-0.25, -0.2) is 9.18 Å². The van der Waals surface area contributed by atoms with Crippen molar-refractivity contribution < 1.29 is 19.0 Å². The molecule has 4 nitrogen and oxygen atoms in total. The maximum Gasteiger partial charge on any atom is 0.411 e. The first kappa shape index (κ1) is 14.0. The number of carbonyl (C=O) groups excluding carboxylic acids is 1. The highest BCUT2D eigenvalue weighted by molar-refractivity contribution is 5.84. The molecule has 0 aliphatic rings. The Morgan fingerprint density at radius 3 is 3.00 bits per heavy atom. The van der Waals surface area contributed by atoms with E-state index in [1.165, 1.54) is 18.2 Å². The molecule has 18 heavy (non-hydrogen) atoms. The van der Waals surface area contributed by atoms with E-state index in [0.29, 0.717) is 5.69 Å². The molecule has 1 rings (SSSR count). The highest BCUT2D eigenvalue weighted by Crippen LogP contribution is 2.14. The largest absolute Gasteiger partial charge is 0.450 e. The number of benzene rings is 1. The third kappa shape index (κ3) is 4.44. The van der Waals surface area contributed by atoms with Gasteiger partial charge in [-0.2, -0.15) is 0 Å². The molecule has 0 aliphatic carbocycles. The molecular formula is C13H14FNO3. The molecule has 1 amide bonds. The summed E-state index contributed by atoms with van der Waals surface area (Å²) in [6.07, 6.45) is -0.326. The van der Waals surface area contributed by atoms with Crippen LogP contribution < -0.4 is 5.32 Å². The average Bonchev–Trinajstić information content (AvgIpc) is 2.34. The fourth-order valence-electron chi connectivity index (χ4n) is 1.20. The van der Waals surface area contributed by atoms with Crippen LogP contribution in [0.4, 0.5) is 14.9 Å². The highest BCUT2D eigenvalue weighted by atomic mass is 19.1. The smallest absolute Gasteiger partial charge is 0.411 e. The lowest BCUT2D eigenvalue weighted by Crippen LogP contribution is -2.13. The van der Waals surface area contributed by atoms with Crippen molar-refractivity contribution >= 4 is 11.8 Å². The summed E-state index contributed by atoms with van der Waals surface area (Å²) in [4.78, 5) is 11.2. The number of hydrogen-bond donors (Lipinski definition) is 2. The zero-order chi connectivity index (χ0) is 13.4. The number of carbonyl (C=O) groups is 1. The van der Waals surface area contributed by atoms with Gasteiger partial charge in [0.15, 0.2) is 0 Å². The second-order valence-electron chi connectivity index (χ2n) is 3.32. The Morgan fingerprint density at radius 1 is 1.56 bits per heavy atom. The summed E-state index contributed by atoms with van der Waals surface area (Å²) in [5.41, 5.74) is 0.570. The Labute approximate surface area is 105 Å². The molecule has 0 fully saturated rings. The second kappa shape index (κ2) is 7.30. The Hall–Kier alpha value is -2.06. The monoisotopic (exact) mass is 251 g/mol. The Kier molecular flexibility index (Phi) is 5.68. The molecule has 2 N–H and O–H groups in total. The lowest BCUT2D eigenvalue weighted by Gasteiger charge is -2.05. The van der Waals surface area contributed by atoms with Gasteiger partial charge in [-0.1, -0.05) is 11.8 Å². The van der Waals surface area contributed by atoms with E-state index in [-0.39, 0.29) is 25.2 Å². The number of aliphatic hydroxyl groups excluding tert-OH is 1. The summed E-state index contributed by atoms with van der Waals surface area (Å²) >= 11 is 0. The third-order valence-corrected chi connectivity index (χ3v) is 1.95. The van der Waals surface area contributed by atoms with Crippen molar-refractivity contribution in [1.82, 2.24) is 0 Å². The number of amides is 1. The predicted molar refractivity (Wildman–Crippen MR) is 65.6 cm³/mol. The highest BCUT2D eigenvalue weighted by Gasteiger charge is 2.05. The van der Waals surface area contributed by atoms with E-state index in [0.717, 1.165) is 0 Å². The fourth-order valence-corrected chi connectivity index (χ4v) is 1.20. The second-order valence-corrected chi connectivity index (χ2v) is 3.32. The summed E-state index contributed by atoms with van der Waals surface area (Å²) in [5.74, 6) is 4.72. The van der Waals surface area contributed by atoms with Crippen molar-refractivity contribution in [2.24, 2.45) is 0 Å². The van der Waals surface area contributed by atoms with E-state index in [1.807, 2.05) is 0 Å². The number of nitrogens with one attached hydrogen (secondary N) is 1. The summed E-state index contributed by atoms with van der Waals surface area (Å²) in [6, 6.07) is 4.05. The standard InChI is InChI=1S/C13H14FNO3/c1-2-18-13(17)15-11-6-7-12(14)10(9-11)5-3-4-8-16/h6-7,9,16H,2,4,8H2,1H3,(H,15,17). The lowest BCUT2D eigenvalue weighted by atomic mass is 10.2. The van der Waals surface area contributed by atoms with Crippen LogP contribution in [0.1, 0.15) is 18.9 Å². The van der Waals surface area contributed by atoms with Crippen molar-refractivity contribution in [2.75, 3.05) is 18.5 Å². The van der Waals surface area contributed by atoms with Crippen LogP contribution in [0.25, 0.3) is 0 Å². The van der Waals surface area contributed by atoms with Gasteiger partial charge in [-0.15, -0.1) is 0 Å². The third-order valence-electron chi connectivity index (χ3n) is 1.95. The van der Waals surface area contributed by atoms with Crippen molar-refractivity contribution in [2.45, 2.75) is 13.3 Å². The maximum absolute atomic E-state index is 13.4. The number of ether oxygens (including phenoxy) is 1. The minimum atomic E-state index is -0.599. The van der Waals surface area contributed by atoms with Crippen molar-refractivity contribution in [1.29, 1.82) is 0 Å². The van der Waals surface area contributed by atoms with Gasteiger partial charge in [-0.3, -0.25) is 5.32 Å². The quantitative estimate of drug-likeness (QED) is 0.809.